The van der Waals surface area contributed by atoms with Gasteiger partial charge < -0.3 is 0 Å². The first-order chi connectivity index (χ1) is 14.8. The van der Waals surface area contributed by atoms with Crippen LogP contribution in [0.5, 0.6) is 0 Å². The quantitative estimate of drug-likeness (QED) is 0.427. The van der Waals surface area contributed by atoms with Crippen LogP contribution in [0.2, 0.25) is 5.02 Å². The molecular weight excluding hydrogens is 414 g/mol. The standard InChI is InChI=1S/C23H20ClN5O2/c1-13-5-6-14(2)17(11-13)29-18(15-7-9-16(24)10-8-15)12-28-19-20(25-22(28)29)26(3)23(31)27(4)21(19)30/h5-12H,1-4H3. The van der Waals surface area contributed by atoms with E-state index in [1.165, 1.54) is 11.6 Å². The molecule has 2 aromatic carbocycles. The maximum Gasteiger partial charge on any atom is 0.332 e. The van der Waals surface area contributed by atoms with Gasteiger partial charge in [-0.05, 0) is 43.2 Å². The fraction of sp³-hybridized carbons (Fsp3) is 0.174. The van der Waals surface area contributed by atoms with Crippen LogP contribution in [0.4, 0.5) is 0 Å². The average molecular weight is 434 g/mol. The molecule has 0 aliphatic rings. The van der Waals surface area contributed by atoms with Crippen molar-refractivity contribution in [2.45, 2.75) is 13.8 Å². The van der Waals surface area contributed by atoms with Crippen LogP contribution in [0.3, 0.4) is 0 Å². The number of halogens is 1. The molecular formula is C23H20ClN5O2. The van der Waals surface area contributed by atoms with Crippen molar-refractivity contribution in [1.82, 2.24) is 23.1 Å². The van der Waals surface area contributed by atoms with Crippen LogP contribution in [0, 0.1) is 13.8 Å². The van der Waals surface area contributed by atoms with Gasteiger partial charge in [0.15, 0.2) is 11.2 Å². The molecule has 0 amide bonds. The summed E-state index contributed by atoms with van der Waals surface area (Å²) < 4.78 is 6.30. The third kappa shape index (κ3) is 2.77. The van der Waals surface area contributed by atoms with Crippen LogP contribution in [-0.2, 0) is 14.1 Å². The van der Waals surface area contributed by atoms with Gasteiger partial charge >= 0.3 is 5.69 Å². The number of fused-ring (bicyclic) bond motifs is 3. The molecule has 5 aromatic rings. The Labute approximate surface area is 182 Å². The number of benzene rings is 2. The largest absolute Gasteiger partial charge is 0.332 e. The van der Waals surface area contributed by atoms with Crippen LogP contribution in [0.1, 0.15) is 11.1 Å². The van der Waals surface area contributed by atoms with Crippen LogP contribution in [-0.4, -0.2) is 23.1 Å². The van der Waals surface area contributed by atoms with Crippen molar-refractivity contribution < 1.29 is 0 Å². The van der Waals surface area contributed by atoms with Gasteiger partial charge in [-0.15, -0.1) is 0 Å². The Hall–Kier alpha value is -3.58. The van der Waals surface area contributed by atoms with E-state index in [2.05, 4.69) is 18.2 Å². The Morgan fingerprint density at radius 2 is 1.65 bits per heavy atom. The van der Waals surface area contributed by atoms with E-state index < -0.39 is 5.69 Å². The highest BCUT2D eigenvalue weighted by Gasteiger charge is 2.22. The smallest absolute Gasteiger partial charge is 0.279 e. The zero-order valence-electron chi connectivity index (χ0n) is 17.5. The maximum absolute atomic E-state index is 13.0. The molecule has 0 bridgehead atoms. The fourth-order valence-electron chi connectivity index (χ4n) is 3.99. The van der Waals surface area contributed by atoms with Crippen LogP contribution in [0.15, 0.2) is 58.3 Å². The Bertz CT molecular complexity index is 1620. The Morgan fingerprint density at radius 1 is 0.935 bits per heavy atom. The predicted octanol–water partition coefficient (Wildman–Crippen LogP) is 3.61. The first-order valence-corrected chi connectivity index (χ1v) is 10.2. The summed E-state index contributed by atoms with van der Waals surface area (Å²) in [6.07, 6.45) is 1.89. The van der Waals surface area contributed by atoms with Crippen molar-refractivity contribution in [2.24, 2.45) is 14.1 Å². The van der Waals surface area contributed by atoms with Gasteiger partial charge in [0, 0.05) is 30.9 Å². The van der Waals surface area contributed by atoms with Gasteiger partial charge in [0.25, 0.3) is 5.56 Å². The Kier molecular flexibility index (Phi) is 4.20. The third-order valence-electron chi connectivity index (χ3n) is 5.71. The molecule has 0 radical (unpaired) electrons. The summed E-state index contributed by atoms with van der Waals surface area (Å²) in [7, 11) is 3.10. The lowest BCUT2D eigenvalue weighted by molar-refractivity contribution is 0.708. The molecule has 0 aliphatic heterocycles. The van der Waals surface area contributed by atoms with Crippen molar-refractivity contribution in [3.63, 3.8) is 0 Å². The summed E-state index contributed by atoms with van der Waals surface area (Å²) in [5.41, 5.74) is 4.85. The average Bonchev–Trinajstić information content (AvgIpc) is 3.29. The minimum absolute atomic E-state index is 0.352. The summed E-state index contributed by atoms with van der Waals surface area (Å²) in [6.45, 7) is 4.07. The van der Waals surface area contributed by atoms with Gasteiger partial charge in [-0.2, -0.15) is 4.98 Å². The zero-order valence-corrected chi connectivity index (χ0v) is 18.3. The van der Waals surface area contributed by atoms with Gasteiger partial charge in [0.1, 0.15) is 0 Å². The number of aryl methyl sites for hydroxylation is 3. The number of hydrogen-bond donors (Lipinski definition) is 0. The molecule has 5 rings (SSSR count). The highest BCUT2D eigenvalue weighted by atomic mass is 35.5. The molecule has 3 aromatic heterocycles. The molecule has 0 aliphatic carbocycles. The molecule has 0 spiro atoms. The first-order valence-electron chi connectivity index (χ1n) is 9.81. The van der Waals surface area contributed by atoms with Crippen molar-refractivity contribution in [3.05, 3.63) is 85.6 Å². The maximum atomic E-state index is 13.0. The second kappa shape index (κ2) is 6.72. The predicted molar refractivity (Wildman–Crippen MR) is 122 cm³/mol. The number of rotatable bonds is 2. The molecule has 0 N–H and O–H groups in total. The summed E-state index contributed by atoms with van der Waals surface area (Å²) in [6, 6.07) is 13.8. The fourth-order valence-corrected chi connectivity index (χ4v) is 4.12. The van der Waals surface area contributed by atoms with E-state index >= 15 is 0 Å². The minimum atomic E-state index is -0.408. The van der Waals surface area contributed by atoms with Crippen molar-refractivity contribution in [1.29, 1.82) is 0 Å². The number of aromatic nitrogens is 5. The molecule has 7 nitrogen and oxygen atoms in total. The molecule has 156 valence electrons. The van der Waals surface area contributed by atoms with Gasteiger partial charge in [-0.25, -0.2) is 4.79 Å². The normalized spacial score (nSPS) is 11.6. The van der Waals surface area contributed by atoms with Gasteiger partial charge in [0.2, 0.25) is 5.78 Å². The first kappa shape index (κ1) is 19.4. The monoisotopic (exact) mass is 433 g/mol. The van der Waals surface area contributed by atoms with E-state index in [0.29, 0.717) is 22.0 Å². The van der Waals surface area contributed by atoms with E-state index in [1.54, 1.807) is 11.4 Å². The van der Waals surface area contributed by atoms with Crippen LogP contribution >= 0.6 is 11.6 Å². The summed E-state index contributed by atoms with van der Waals surface area (Å²) in [4.78, 5) is 30.2. The van der Waals surface area contributed by atoms with E-state index in [9.17, 15) is 9.59 Å². The highest BCUT2D eigenvalue weighted by Crippen LogP contribution is 2.31. The number of nitrogens with zero attached hydrogens (tertiary/aromatic N) is 5. The molecule has 0 saturated heterocycles. The van der Waals surface area contributed by atoms with Crippen molar-refractivity contribution >= 4 is 28.5 Å². The third-order valence-corrected chi connectivity index (χ3v) is 5.96. The van der Waals surface area contributed by atoms with Crippen molar-refractivity contribution in [3.8, 4) is 16.9 Å². The molecule has 8 heteroatoms. The van der Waals surface area contributed by atoms with Gasteiger partial charge in [-0.1, -0.05) is 35.9 Å². The van der Waals surface area contributed by atoms with E-state index in [1.807, 2.05) is 48.9 Å². The molecule has 0 saturated carbocycles. The van der Waals surface area contributed by atoms with Gasteiger partial charge in [-0.3, -0.25) is 22.9 Å². The summed E-state index contributed by atoms with van der Waals surface area (Å²) in [5, 5.41) is 0.646. The minimum Gasteiger partial charge on any atom is -0.279 e. The second-order valence-corrected chi connectivity index (χ2v) is 8.24. The number of imidazole rings is 2. The van der Waals surface area contributed by atoms with E-state index in [0.717, 1.165) is 32.6 Å². The Morgan fingerprint density at radius 3 is 2.35 bits per heavy atom. The lowest BCUT2D eigenvalue weighted by Gasteiger charge is -2.13. The number of hydrogen-bond acceptors (Lipinski definition) is 3. The lowest BCUT2D eigenvalue weighted by Crippen LogP contribution is -2.37. The van der Waals surface area contributed by atoms with Crippen LogP contribution in [0.25, 0.3) is 33.9 Å². The zero-order chi connectivity index (χ0) is 22.0. The van der Waals surface area contributed by atoms with Crippen LogP contribution < -0.4 is 11.2 Å². The molecule has 3 heterocycles. The van der Waals surface area contributed by atoms with Gasteiger partial charge in [0.05, 0.1) is 11.4 Å². The molecule has 31 heavy (non-hydrogen) atoms. The van der Waals surface area contributed by atoms with Crippen molar-refractivity contribution in [2.75, 3.05) is 0 Å². The Balaban J connectivity index is 1.99. The molecule has 0 unspecified atom stereocenters. The second-order valence-electron chi connectivity index (χ2n) is 7.81. The molecule has 0 atom stereocenters. The lowest BCUT2D eigenvalue weighted by atomic mass is 10.1. The van der Waals surface area contributed by atoms with E-state index in [-0.39, 0.29) is 5.56 Å². The highest BCUT2D eigenvalue weighted by molar-refractivity contribution is 6.30. The summed E-state index contributed by atoms with van der Waals surface area (Å²) >= 11 is 6.11. The summed E-state index contributed by atoms with van der Waals surface area (Å²) in [5.74, 6) is 0.562. The molecule has 0 fully saturated rings. The van der Waals surface area contributed by atoms with E-state index in [4.69, 9.17) is 16.6 Å². The SMILES string of the molecule is Cc1ccc(C)c(-n2c(-c3ccc(Cl)cc3)cn3c4c(=O)n(C)c(=O)n(C)c4nc23)c1. The topological polar surface area (TPSA) is 66.2 Å².